The lowest BCUT2D eigenvalue weighted by Crippen LogP contribution is -2.54. The summed E-state index contributed by atoms with van der Waals surface area (Å²) in [6.45, 7) is 20.2. The Morgan fingerprint density at radius 2 is 1.77 bits per heavy atom. The molecule has 0 atom stereocenters. The van der Waals surface area contributed by atoms with Gasteiger partial charge in [-0.25, -0.2) is 0 Å². The molecule has 0 aromatic carbocycles. The minimum atomic E-state index is -1.29. The van der Waals surface area contributed by atoms with E-state index in [4.69, 9.17) is 0 Å². The van der Waals surface area contributed by atoms with Gasteiger partial charge in [0, 0.05) is 6.54 Å². The van der Waals surface area contributed by atoms with Gasteiger partial charge in [0.25, 0.3) is 0 Å². The smallest absolute Gasteiger partial charge is 0.127 e. The van der Waals surface area contributed by atoms with Crippen LogP contribution in [0.25, 0.3) is 0 Å². The second-order valence-corrected chi connectivity index (χ2v) is 10.4. The van der Waals surface area contributed by atoms with Gasteiger partial charge in [0.2, 0.25) is 0 Å². The second-order valence-electron chi connectivity index (χ2n) is 5.14. The Kier molecular flexibility index (Phi) is 4.40. The maximum atomic E-state index is 3.82. The molecule has 78 valence electrons. The first kappa shape index (κ1) is 12.9. The van der Waals surface area contributed by atoms with E-state index in [-0.39, 0.29) is 0 Å². The maximum absolute atomic E-state index is 3.82. The molecule has 2 heteroatoms. The molecule has 0 rings (SSSR count). The van der Waals surface area contributed by atoms with Crippen LogP contribution in [0.1, 0.15) is 27.7 Å². The van der Waals surface area contributed by atoms with Crippen molar-refractivity contribution in [3.63, 3.8) is 0 Å². The Bertz CT molecular complexity index is 167. The fraction of sp³-hybridized carbons (Fsp3) is 0.818. The highest BCUT2D eigenvalue weighted by molar-refractivity contribution is 6.77. The molecule has 0 unspecified atom stereocenters. The van der Waals surface area contributed by atoms with Gasteiger partial charge in [-0.1, -0.05) is 46.9 Å². The summed E-state index contributed by atoms with van der Waals surface area (Å²) in [6, 6.07) is 0. The number of rotatable bonds is 4. The van der Waals surface area contributed by atoms with Crippen LogP contribution >= 0.6 is 0 Å². The minimum absolute atomic E-state index is 0.437. The van der Waals surface area contributed by atoms with Crippen molar-refractivity contribution >= 4 is 8.24 Å². The van der Waals surface area contributed by atoms with Gasteiger partial charge in [-0.05, 0) is 11.6 Å². The third-order valence-corrected chi connectivity index (χ3v) is 9.11. The average molecular weight is 199 g/mol. The SMILES string of the molecule is C=CCN(CC)[Si](C)(C)C(C)(C)C. The first-order valence-corrected chi connectivity index (χ1v) is 8.08. The molecule has 0 aromatic heterocycles. The third kappa shape index (κ3) is 2.95. The summed E-state index contributed by atoms with van der Waals surface area (Å²) in [7, 11) is -1.29. The van der Waals surface area contributed by atoms with Crippen molar-refractivity contribution in [2.45, 2.75) is 45.8 Å². The van der Waals surface area contributed by atoms with Crippen LogP contribution in [0.3, 0.4) is 0 Å². The van der Waals surface area contributed by atoms with Gasteiger partial charge in [-0.3, -0.25) is 0 Å². The van der Waals surface area contributed by atoms with Gasteiger partial charge in [0.15, 0.2) is 0 Å². The zero-order valence-corrected chi connectivity index (χ0v) is 11.1. The van der Waals surface area contributed by atoms with E-state index in [1.807, 2.05) is 6.08 Å². The summed E-state index contributed by atoms with van der Waals surface area (Å²) < 4.78 is 2.60. The minimum Gasteiger partial charge on any atom is -0.320 e. The van der Waals surface area contributed by atoms with Gasteiger partial charge >= 0.3 is 0 Å². The van der Waals surface area contributed by atoms with Crippen LogP contribution < -0.4 is 0 Å². The zero-order valence-electron chi connectivity index (χ0n) is 10.1. The third-order valence-electron chi connectivity index (χ3n) is 3.36. The lowest BCUT2D eigenvalue weighted by atomic mass is 10.2. The predicted octanol–water partition coefficient (Wildman–Crippen LogP) is 3.50. The lowest BCUT2D eigenvalue weighted by Gasteiger charge is -2.45. The summed E-state index contributed by atoms with van der Waals surface area (Å²) >= 11 is 0. The fourth-order valence-corrected chi connectivity index (χ4v) is 3.71. The van der Waals surface area contributed by atoms with E-state index in [1.54, 1.807) is 0 Å². The highest BCUT2D eigenvalue weighted by atomic mass is 28.3. The summed E-state index contributed by atoms with van der Waals surface area (Å²) in [6.07, 6.45) is 2.02. The van der Waals surface area contributed by atoms with Crippen molar-refractivity contribution in [1.29, 1.82) is 0 Å². The highest BCUT2D eigenvalue weighted by Crippen LogP contribution is 2.37. The molecule has 1 nitrogen and oxygen atoms in total. The van der Waals surface area contributed by atoms with Crippen molar-refractivity contribution in [3.8, 4) is 0 Å². The van der Waals surface area contributed by atoms with Gasteiger partial charge in [0.05, 0.1) is 0 Å². The summed E-state index contributed by atoms with van der Waals surface area (Å²) in [5, 5.41) is 0.437. The van der Waals surface area contributed by atoms with E-state index < -0.39 is 8.24 Å². The topological polar surface area (TPSA) is 3.24 Å². The van der Waals surface area contributed by atoms with E-state index in [9.17, 15) is 0 Å². The summed E-state index contributed by atoms with van der Waals surface area (Å²) in [5.74, 6) is 0. The standard InChI is InChI=1S/C11H25NSi/c1-8-10-12(9-2)13(6,7)11(3,4)5/h8H,1,9-10H2,2-7H3. The van der Waals surface area contributed by atoms with Gasteiger partial charge in [-0.2, -0.15) is 0 Å². The van der Waals surface area contributed by atoms with Crippen molar-refractivity contribution in [2.24, 2.45) is 0 Å². The Morgan fingerprint density at radius 1 is 1.31 bits per heavy atom. The van der Waals surface area contributed by atoms with E-state index in [1.165, 1.54) is 0 Å². The van der Waals surface area contributed by atoms with Gasteiger partial charge in [-0.15, -0.1) is 6.58 Å². The zero-order chi connectivity index (χ0) is 10.7. The van der Waals surface area contributed by atoms with Crippen molar-refractivity contribution < 1.29 is 0 Å². The molecule has 0 fully saturated rings. The van der Waals surface area contributed by atoms with E-state index in [0.717, 1.165) is 13.1 Å². The van der Waals surface area contributed by atoms with E-state index in [0.29, 0.717) is 5.04 Å². The highest BCUT2D eigenvalue weighted by Gasteiger charge is 2.39. The largest absolute Gasteiger partial charge is 0.320 e. The molecule has 0 saturated carbocycles. The molecule has 0 N–H and O–H groups in total. The maximum Gasteiger partial charge on any atom is 0.127 e. The molecule has 0 heterocycles. The molecule has 0 aliphatic heterocycles. The quantitative estimate of drug-likeness (QED) is 0.495. The Morgan fingerprint density at radius 3 is 2.00 bits per heavy atom. The molecular formula is C11H25NSi. The van der Waals surface area contributed by atoms with Crippen LogP contribution in [0.4, 0.5) is 0 Å². The lowest BCUT2D eigenvalue weighted by molar-refractivity contribution is 0.455. The molecule has 0 spiro atoms. The Labute approximate surface area is 84.9 Å². The van der Waals surface area contributed by atoms with Crippen molar-refractivity contribution in [3.05, 3.63) is 12.7 Å². The molecular weight excluding hydrogens is 174 g/mol. The first-order valence-electron chi connectivity index (χ1n) is 5.13. The number of hydrogen-bond donors (Lipinski definition) is 0. The number of hydrogen-bond acceptors (Lipinski definition) is 1. The summed E-state index contributed by atoms with van der Waals surface area (Å²) in [5.41, 5.74) is 0. The van der Waals surface area contributed by atoms with Crippen LogP contribution in [-0.2, 0) is 0 Å². The Hall–Kier alpha value is -0.0831. The molecule has 0 aliphatic carbocycles. The van der Waals surface area contributed by atoms with Crippen LogP contribution in [0, 0.1) is 0 Å². The normalized spacial score (nSPS) is 13.5. The average Bonchev–Trinajstić information content (AvgIpc) is 1.97. The molecule has 0 radical (unpaired) electrons. The van der Waals surface area contributed by atoms with Crippen LogP contribution in [0.15, 0.2) is 12.7 Å². The molecule has 0 aromatic rings. The molecule has 0 aliphatic rings. The van der Waals surface area contributed by atoms with E-state index >= 15 is 0 Å². The second kappa shape index (κ2) is 4.42. The Balaban J connectivity index is 4.66. The first-order chi connectivity index (χ1) is 5.77. The van der Waals surface area contributed by atoms with Crippen molar-refractivity contribution in [1.82, 2.24) is 4.57 Å². The van der Waals surface area contributed by atoms with Crippen LogP contribution in [0.5, 0.6) is 0 Å². The van der Waals surface area contributed by atoms with Gasteiger partial charge in [0.1, 0.15) is 8.24 Å². The van der Waals surface area contributed by atoms with Crippen molar-refractivity contribution in [2.75, 3.05) is 13.1 Å². The number of nitrogens with zero attached hydrogens (tertiary/aromatic N) is 1. The number of likely N-dealkylation sites (N-methyl/N-ethyl adjacent to an activating group) is 1. The molecule has 0 amide bonds. The molecule has 0 bridgehead atoms. The molecule has 13 heavy (non-hydrogen) atoms. The van der Waals surface area contributed by atoms with Gasteiger partial charge < -0.3 is 4.57 Å². The monoisotopic (exact) mass is 199 g/mol. The van der Waals surface area contributed by atoms with Crippen LogP contribution in [0.2, 0.25) is 18.1 Å². The summed E-state index contributed by atoms with van der Waals surface area (Å²) in [4.78, 5) is 0. The fourth-order valence-electron chi connectivity index (χ4n) is 1.38. The molecule has 0 saturated heterocycles. The van der Waals surface area contributed by atoms with E-state index in [2.05, 4.69) is 51.9 Å². The predicted molar refractivity (Wildman–Crippen MR) is 64.6 cm³/mol. The van der Waals surface area contributed by atoms with Crippen LogP contribution in [-0.4, -0.2) is 25.9 Å².